The van der Waals surface area contributed by atoms with Crippen molar-refractivity contribution in [1.29, 1.82) is 0 Å². The summed E-state index contributed by atoms with van der Waals surface area (Å²) in [6.45, 7) is 5.46. The largest absolute Gasteiger partial charge is 0.466 e. The second kappa shape index (κ2) is 6.64. The van der Waals surface area contributed by atoms with Crippen LogP contribution in [0, 0.1) is 6.92 Å². The number of nitrogens with one attached hydrogen (secondary N) is 1. The maximum Gasteiger partial charge on any atom is 0.336 e. The van der Waals surface area contributed by atoms with Gasteiger partial charge in [0.1, 0.15) is 0 Å². The molecule has 23 heavy (non-hydrogen) atoms. The first-order valence-corrected chi connectivity index (χ1v) is 7.18. The number of hydrogen-bond donors (Lipinski definition) is 1. The molecule has 0 saturated carbocycles. The lowest BCUT2D eigenvalue weighted by molar-refractivity contribution is -0.137. The van der Waals surface area contributed by atoms with E-state index in [-0.39, 0.29) is 0 Å². The smallest absolute Gasteiger partial charge is 0.336 e. The van der Waals surface area contributed by atoms with Crippen LogP contribution in [0.25, 0.3) is 0 Å². The minimum absolute atomic E-state index is 0.356. The molecule has 1 aliphatic heterocycles. The molecule has 122 valence electrons. The Morgan fingerprint density at radius 1 is 1.00 bits per heavy atom. The van der Waals surface area contributed by atoms with Crippen LogP contribution in [-0.4, -0.2) is 31.1 Å². The number of nitrogens with zero attached hydrogens (tertiary/aromatic N) is 1. The van der Waals surface area contributed by atoms with Crippen molar-refractivity contribution < 1.29 is 19.1 Å². The van der Waals surface area contributed by atoms with E-state index in [1.807, 2.05) is 13.0 Å². The summed E-state index contributed by atoms with van der Waals surface area (Å²) in [6.07, 6.45) is 1.70. The van der Waals surface area contributed by atoms with Gasteiger partial charge in [-0.1, -0.05) is 6.07 Å². The van der Waals surface area contributed by atoms with Gasteiger partial charge in [-0.2, -0.15) is 0 Å². The van der Waals surface area contributed by atoms with Gasteiger partial charge in [-0.3, -0.25) is 4.98 Å². The molecular formula is C17H20N2O4. The molecule has 0 spiro atoms. The molecule has 1 aliphatic rings. The predicted octanol–water partition coefficient (Wildman–Crippen LogP) is 1.97. The number of ether oxygens (including phenoxy) is 2. The highest BCUT2D eigenvalue weighted by Crippen LogP contribution is 2.38. The van der Waals surface area contributed by atoms with Gasteiger partial charge in [0.2, 0.25) is 0 Å². The number of dihydropyridines is 1. The number of aryl methyl sites for hydroxylation is 1. The Balaban J connectivity index is 2.66. The first-order chi connectivity index (χ1) is 10.9. The van der Waals surface area contributed by atoms with Crippen molar-refractivity contribution in [2.45, 2.75) is 26.7 Å². The van der Waals surface area contributed by atoms with Gasteiger partial charge in [-0.15, -0.1) is 0 Å². The van der Waals surface area contributed by atoms with E-state index in [1.54, 1.807) is 26.1 Å². The Labute approximate surface area is 135 Å². The highest BCUT2D eigenvalue weighted by atomic mass is 16.5. The van der Waals surface area contributed by atoms with Crippen LogP contribution in [-0.2, 0) is 19.1 Å². The highest BCUT2D eigenvalue weighted by Gasteiger charge is 2.38. The molecule has 1 N–H and O–H groups in total. The van der Waals surface area contributed by atoms with Crippen LogP contribution in [0.4, 0.5) is 0 Å². The third-order valence-electron chi connectivity index (χ3n) is 3.80. The summed E-state index contributed by atoms with van der Waals surface area (Å²) in [4.78, 5) is 28.9. The summed E-state index contributed by atoms with van der Waals surface area (Å²) in [5.74, 6) is -1.63. The first-order valence-electron chi connectivity index (χ1n) is 7.18. The average Bonchev–Trinajstić information content (AvgIpc) is 2.53. The molecular weight excluding hydrogens is 296 g/mol. The van der Waals surface area contributed by atoms with Crippen molar-refractivity contribution in [2.75, 3.05) is 14.2 Å². The number of aromatic nitrogens is 1. The fourth-order valence-corrected chi connectivity index (χ4v) is 2.70. The quantitative estimate of drug-likeness (QED) is 0.859. The highest BCUT2D eigenvalue weighted by molar-refractivity contribution is 5.99. The minimum Gasteiger partial charge on any atom is -0.466 e. The van der Waals surface area contributed by atoms with Crippen molar-refractivity contribution in [2.24, 2.45) is 0 Å². The lowest BCUT2D eigenvalue weighted by Gasteiger charge is -2.29. The minimum atomic E-state index is -0.628. The zero-order chi connectivity index (χ0) is 17.1. The van der Waals surface area contributed by atoms with Gasteiger partial charge >= 0.3 is 11.9 Å². The summed E-state index contributed by atoms with van der Waals surface area (Å²) in [6, 6.07) is 3.69. The van der Waals surface area contributed by atoms with E-state index in [2.05, 4.69) is 10.3 Å². The number of pyridine rings is 1. The molecule has 0 unspecified atom stereocenters. The summed E-state index contributed by atoms with van der Waals surface area (Å²) in [7, 11) is 2.62. The van der Waals surface area contributed by atoms with Gasteiger partial charge in [0.25, 0.3) is 0 Å². The molecule has 0 fully saturated rings. The fraction of sp³-hybridized carbons (Fsp3) is 0.353. The molecule has 1 aromatic heterocycles. The lowest BCUT2D eigenvalue weighted by atomic mass is 9.82. The standard InChI is InChI=1S/C17H20N2O4/c1-9-6-7-12(18-8-9)15-13(16(20)22-4)10(2)19-11(3)14(15)17(21)23-5/h6-8,15,19H,1-5H3. The van der Waals surface area contributed by atoms with E-state index in [0.29, 0.717) is 28.2 Å². The maximum absolute atomic E-state index is 12.3. The van der Waals surface area contributed by atoms with E-state index in [4.69, 9.17) is 9.47 Å². The van der Waals surface area contributed by atoms with Gasteiger partial charge in [-0.05, 0) is 32.4 Å². The molecule has 0 amide bonds. The Morgan fingerprint density at radius 3 is 1.91 bits per heavy atom. The van der Waals surface area contributed by atoms with E-state index < -0.39 is 17.9 Å². The average molecular weight is 316 g/mol. The van der Waals surface area contributed by atoms with E-state index in [0.717, 1.165) is 5.56 Å². The van der Waals surface area contributed by atoms with Crippen LogP contribution in [0.15, 0.2) is 40.9 Å². The monoisotopic (exact) mass is 316 g/mol. The van der Waals surface area contributed by atoms with Crippen molar-refractivity contribution >= 4 is 11.9 Å². The second-order valence-electron chi connectivity index (χ2n) is 5.38. The fourth-order valence-electron chi connectivity index (χ4n) is 2.70. The summed E-state index contributed by atoms with van der Waals surface area (Å²) < 4.78 is 9.79. The van der Waals surface area contributed by atoms with Crippen molar-refractivity contribution in [3.05, 3.63) is 52.1 Å². The SMILES string of the molecule is COC(=O)C1=C(C)NC(C)=C(C(=O)OC)C1c1ccc(C)cn1. The second-order valence-corrected chi connectivity index (χ2v) is 5.38. The van der Waals surface area contributed by atoms with Crippen LogP contribution < -0.4 is 5.32 Å². The zero-order valence-corrected chi connectivity index (χ0v) is 13.9. The number of carbonyl (C=O) groups is 2. The summed E-state index contributed by atoms with van der Waals surface area (Å²) >= 11 is 0. The Morgan fingerprint density at radius 2 is 1.52 bits per heavy atom. The third kappa shape index (κ3) is 3.11. The molecule has 2 rings (SSSR count). The van der Waals surface area contributed by atoms with Gasteiger partial charge in [0.15, 0.2) is 0 Å². The Kier molecular flexibility index (Phi) is 4.83. The maximum atomic E-state index is 12.3. The predicted molar refractivity (Wildman–Crippen MR) is 84.3 cm³/mol. The number of esters is 2. The molecule has 6 nitrogen and oxygen atoms in total. The molecule has 0 atom stereocenters. The van der Waals surface area contributed by atoms with Gasteiger partial charge in [-0.25, -0.2) is 9.59 Å². The topological polar surface area (TPSA) is 77.5 Å². The molecule has 0 aromatic carbocycles. The van der Waals surface area contributed by atoms with Gasteiger partial charge in [0.05, 0.1) is 37.0 Å². The van der Waals surface area contributed by atoms with Gasteiger partial charge in [0, 0.05) is 17.6 Å². The summed E-state index contributed by atoms with van der Waals surface area (Å²) in [5, 5.41) is 3.05. The van der Waals surface area contributed by atoms with Crippen LogP contribution in [0.1, 0.15) is 31.0 Å². The van der Waals surface area contributed by atoms with E-state index in [9.17, 15) is 9.59 Å². The van der Waals surface area contributed by atoms with E-state index >= 15 is 0 Å². The number of allylic oxidation sites excluding steroid dienone is 2. The number of methoxy groups -OCH3 is 2. The van der Waals surface area contributed by atoms with Crippen LogP contribution in [0.2, 0.25) is 0 Å². The molecule has 0 bridgehead atoms. The van der Waals surface area contributed by atoms with Crippen molar-refractivity contribution in [3.8, 4) is 0 Å². The Bertz CT molecular complexity index is 664. The number of carbonyl (C=O) groups excluding carboxylic acids is 2. The molecule has 1 aromatic rings. The summed E-state index contributed by atoms with van der Waals surface area (Å²) in [5.41, 5.74) is 3.56. The molecule has 2 heterocycles. The van der Waals surface area contributed by atoms with Crippen LogP contribution in [0.3, 0.4) is 0 Å². The first kappa shape index (κ1) is 16.7. The third-order valence-corrected chi connectivity index (χ3v) is 3.80. The van der Waals surface area contributed by atoms with Crippen LogP contribution in [0.5, 0.6) is 0 Å². The lowest BCUT2D eigenvalue weighted by Crippen LogP contribution is -2.32. The molecule has 0 aliphatic carbocycles. The van der Waals surface area contributed by atoms with Crippen LogP contribution >= 0.6 is 0 Å². The van der Waals surface area contributed by atoms with E-state index in [1.165, 1.54) is 14.2 Å². The molecule has 6 heteroatoms. The van der Waals surface area contributed by atoms with Gasteiger partial charge < -0.3 is 14.8 Å². The zero-order valence-electron chi connectivity index (χ0n) is 13.9. The molecule has 0 saturated heterocycles. The normalized spacial score (nSPS) is 15.3. The van der Waals surface area contributed by atoms with Crippen molar-refractivity contribution in [1.82, 2.24) is 10.3 Å². The van der Waals surface area contributed by atoms with Crippen molar-refractivity contribution in [3.63, 3.8) is 0 Å². The number of rotatable bonds is 3. The Hall–Kier alpha value is -2.63. The number of hydrogen-bond acceptors (Lipinski definition) is 6. The molecule has 0 radical (unpaired) electrons.